The number of amides is 1. The van der Waals surface area contributed by atoms with Gasteiger partial charge in [0.2, 0.25) is 0 Å². The van der Waals surface area contributed by atoms with E-state index >= 15 is 0 Å². The molecule has 1 fully saturated rings. The van der Waals surface area contributed by atoms with Gasteiger partial charge in [0, 0.05) is 25.2 Å². The number of rotatable bonds is 5. The monoisotopic (exact) mass is 324 g/mol. The molecular weight excluding hydrogens is 300 g/mol. The van der Waals surface area contributed by atoms with Crippen molar-refractivity contribution in [3.63, 3.8) is 0 Å². The largest absolute Gasteiger partial charge is 0.379 e. The molecule has 0 unspecified atom stereocenters. The van der Waals surface area contributed by atoms with Crippen LogP contribution in [0.15, 0.2) is 54.6 Å². The lowest BCUT2D eigenvalue weighted by molar-refractivity contribution is 0.0162. The molecule has 1 atom stereocenters. The van der Waals surface area contributed by atoms with E-state index in [0.717, 1.165) is 31.9 Å². The lowest BCUT2D eigenvalue weighted by Gasteiger charge is -2.35. The normalized spacial score (nSPS) is 16.5. The molecule has 0 aromatic heterocycles. The van der Waals surface area contributed by atoms with Crippen molar-refractivity contribution in [2.45, 2.75) is 13.0 Å². The quantitative estimate of drug-likeness (QED) is 0.919. The molecule has 1 aliphatic heterocycles. The molecule has 1 aliphatic rings. The number of hydrogen-bond acceptors (Lipinski definition) is 3. The third-order valence-corrected chi connectivity index (χ3v) is 4.44. The molecule has 1 amide bonds. The molecule has 0 saturated carbocycles. The van der Waals surface area contributed by atoms with Gasteiger partial charge in [0.1, 0.15) is 0 Å². The SMILES string of the molecule is Cc1ccc(C(=O)NC[C@H](c2ccccc2)N2CCOCC2)cc1. The first-order valence-electron chi connectivity index (χ1n) is 8.45. The Morgan fingerprint density at radius 3 is 2.42 bits per heavy atom. The fraction of sp³-hybridized carbons (Fsp3) is 0.350. The highest BCUT2D eigenvalue weighted by Gasteiger charge is 2.23. The van der Waals surface area contributed by atoms with Gasteiger partial charge < -0.3 is 10.1 Å². The minimum atomic E-state index is -0.0239. The van der Waals surface area contributed by atoms with E-state index < -0.39 is 0 Å². The molecule has 0 aliphatic carbocycles. The molecule has 1 saturated heterocycles. The Hall–Kier alpha value is -2.17. The van der Waals surface area contributed by atoms with Crippen LogP contribution in [0, 0.1) is 6.92 Å². The van der Waals surface area contributed by atoms with Crippen LogP contribution in [0.4, 0.5) is 0 Å². The third-order valence-electron chi connectivity index (χ3n) is 4.44. The van der Waals surface area contributed by atoms with E-state index in [-0.39, 0.29) is 11.9 Å². The summed E-state index contributed by atoms with van der Waals surface area (Å²) in [7, 11) is 0. The standard InChI is InChI=1S/C20H24N2O2/c1-16-7-9-18(10-8-16)20(23)21-15-19(17-5-3-2-4-6-17)22-11-13-24-14-12-22/h2-10,19H,11-15H2,1H3,(H,21,23)/t19-/m1/s1. The van der Waals surface area contributed by atoms with Crippen LogP contribution in [-0.2, 0) is 4.74 Å². The Bertz CT molecular complexity index is 649. The van der Waals surface area contributed by atoms with Crippen LogP contribution >= 0.6 is 0 Å². The molecule has 2 aromatic rings. The van der Waals surface area contributed by atoms with Gasteiger partial charge in [-0.1, -0.05) is 48.0 Å². The zero-order valence-electron chi connectivity index (χ0n) is 14.1. The summed E-state index contributed by atoms with van der Waals surface area (Å²) in [4.78, 5) is 14.8. The Balaban J connectivity index is 1.69. The molecule has 0 radical (unpaired) electrons. The second kappa shape index (κ2) is 8.08. The summed E-state index contributed by atoms with van der Waals surface area (Å²) in [5, 5.41) is 3.09. The van der Waals surface area contributed by atoms with E-state index in [9.17, 15) is 4.79 Å². The van der Waals surface area contributed by atoms with Crippen LogP contribution in [-0.4, -0.2) is 43.7 Å². The van der Waals surface area contributed by atoms with Gasteiger partial charge in [0.25, 0.3) is 5.91 Å². The molecule has 3 rings (SSSR count). The molecule has 1 N–H and O–H groups in total. The van der Waals surface area contributed by atoms with Gasteiger partial charge >= 0.3 is 0 Å². The van der Waals surface area contributed by atoms with Gasteiger partial charge in [-0.15, -0.1) is 0 Å². The van der Waals surface area contributed by atoms with Crippen molar-refractivity contribution >= 4 is 5.91 Å². The summed E-state index contributed by atoms with van der Waals surface area (Å²) in [5.41, 5.74) is 3.08. The van der Waals surface area contributed by atoms with Crippen LogP contribution in [0.5, 0.6) is 0 Å². The van der Waals surface area contributed by atoms with Gasteiger partial charge in [-0.05, 0) is 24.6 Å². The summed E-state index contributed by atoms with van der Waals surface area (Å²) in [6.45, 7) is 5.88. The van der Waals surface area contributed by atoms with Crippen molar-refractivity contribution in [1.29, 1.82) is 0 Å². The molecule has 0 spiro atoms. The lowest BCUT2D eigenvalue weighted by Crippen LogP contribution is -2.43. The van der Waals surface area contributed by atoms with Crippen LogP contribution in [0.1, 0.15) is 27.5 Å². The number of hydrogen-bond donors (Lipinski definition) is 1. The number of carbonyl (C=O) groups is 1. The maximum Gasteiger partial charge on any atom is 0.251 e. The van der Waals surface area contributed by atoms with E-state index in [2.05, 4.69) is 22.3 Å². The van der Waals surface area contributed by atoms with Crippen molar-refractivity contribution in [2.75, 3.05) is 32.8 Å². The highest BCUT2D eigenvalue weighted by molar-refractivity contribution is 5.94. The number of benzene rings is 2. The highest BCUT2D eigenvalue weighted by Crippen LogP contribution is 2.21. The van der Waals surface area contributed by atoms with Crippen molar-refractivity contribution in [3.05, 3.63) is 71.3 Å². The first-order chi connectivity index (χ1) is 11.7. The minimum Gasteiger partial charge on any atom is -0.379 e. The number of carbonyl (C=O) groups excluding carboxylic acids is 1. The number of aryl methyl sites for hydroxylation is 1. The second-order valence-corrected chi connectivity index (χ2v) is 6.15. The van der Waals surface area contributed by atoms with Crippen LogP contribution in [0.25, 0.3) is 0 Å². The first kappa shape index (κ1) is 16.7. The van der Waals surface area contributed by atoms with E-state index in [1.807, 2.05) is 49.4 Å². The lowest BCUT2D eigenvalue weighted by atomic mass is 10.0. The van der Waals surface area contributed by atoms with Crippen LogP contribution in [0.3, 0.4) is 0 Å². The molecule has 4 heteroatoms. The molecule has 0 bridgehead atoms. The highest BCUT2D eigenvalue weighted by atomic mass is 16.5. The Labute approximate surface area is 143 Å². The van der Waals surface area contributed by atoms with E-state index in [4.69, 9.17) is 4.74 Å². The number of morpholine rings is 1. The Morgan fingerprint density at radius 1 is 1.08 bits per heavy atom. The summed E-state index contributed by atoms with van der Waals surface area (Å²) in [6.07, 6.45) is 0. The van der Waals surface area contributed by atoms with Crippen molar-refractivity contribution in [1.82, 2.24) is 10.2 Å². The molecule has 126 valence electrons. The Kier molecular flexibility index (Phi) is 5.62. The second-order valence-electron chi connectivity index (χ2n) is 6.15. The summed E-state index contributed by atoms with van der Waals surface area (Å²) < 4.78 is 5.46. The number of ether oxygens (including phenoxy) is 1. The maximum atomic E-state index is 12.4. The van der Waals surface area contributed by atoms with E-state index in [0.29, 0.717) is 12.1 Å². The molecule has 4 nitrogen and oxygen atoms in total. The topological polar surface area (TPSA) is 41.6 Å². The number of nitrogens with one attached hydrogen (secondary N) is 1. The van der Waals surface area contributed by atoms with Gasteiger partial charge in [0.05, 0.1) is 19.3 Å². The zero-order chi connectivity index (χ0) is 16.8. The minimum absolute atomic E-state index is 0.0239. The average molecular weight is 324 g/mol. The predicted molar refractivity (Wildman–Crippen MR) is 95.1 cm³/mol. The maximum absolute atomic E-state index is 12.4. The van der Waals surface area contributed by atoms with Crippen molar-refractivity contribution in [2.24, 2.45) is 0 Å². The predicted octanol–water partition coefficient (Wildman–Crippen LogP) is 2.80. The van der Waals surface area contributed by atoms with E-state index in [1.165, 1.54) is 5.56 Å². The fourth-order valence-electron chi connectivity index (χ4n) is 3.02. The zero-order valence-corrected chi connectivity index (χ0v) is 14.1. The summed E-state index contributed by atoms with van der Waals surface area (Å²) in [6, 6.07) is 18.2. The third kappa shape index (κ3) is 4.22. The first-order valence-corrected chi connectivity index (χ1v) is 8.45. The van der Waals surface area contributed by atoms with Gasteiger partial charge in [-0.3, -0.25) is 9.69 Å². The average Bonchev–Trinajstić information content (AvgIpc) is 2.64. The molecule has 24 heavy (non-hydrogen) atoms. The fourth-order valence-corrected chi connectivity index (χ4v) is 3.02. The Morgan fingerprint density at radius 2 is 1.75 bits per heavy atom. The van der Waals surface area contributed by atoms with Crippen molar-refractivity contribution < 1.29 is 9.53 Å². The van der Waals surface area contributed by atoms with Crippen molar-refractivity contribution in [3.8, 4) is 0 Å². The van der Waals surface area contributed by atoms with Crippen LogP contribution in [0.2, 0.25) is 0 Å². The van der Waals surface area contributed by atoms with Gasteiger partial charge in [-0.2, -0.15) is 0 Å². The van der Waals surface area contributed by atoms with Gasteiger partial charge in [0.15, 0.2) is 0 Å². The summed E-state index contributed by atoms with van der Waals surface area (Å²) >= 11 is 0. The van der Waals surface area contributed by atoms with Gasteiger partial charge in [-0.25, -0.2) is 0 Å². The van der Waals surface area contributed by atoms with Crippen LogP contribution < -0.4 is 5.32 Å². The molecular formula is C20H24N2O2. The molecule has 1 heterocycles. The summed E-state index contributed by atoms with van der Waals surface area (Å²) in [5.74, 6) is -0.0239. The molecule has 2 aromatic carbocycles. The smallest absolute Gasteiger partial charge is 0.251 e. The van der Waals surface area contributed by atoms with E-state index in [1.54, 1.807) is 0 Å². The number of nitrogens with zero attached hydrogens (tertiary/aromatic N) is 1.